The predicted octanol–water partition coefficient (Wildman–Crippen LogP) is 3.05. The van der Waals surface area contributed by atoms with Crippen LogP contribution >= 0.6 is 0 Å². The zero-order chi connectivity index (χ0) is 15.7. The van der Waals surface area contributed by atoms with Gasteiger partial charge in [-0.3, -0.25) is 4.90 Å². The van der Waals surface area contributed by atoms with Crippen LogP contribution in [0.4, 0.5) is 4.79 Å². The van der Waals surface area contributed by atoms with Crippen LogP contribution in [0.25, 0.3) is 10.9 Å². The summed E-state index contributed by atoms with van der Waals surface area (Å²) in [6.45, 7) is 7.89. The lowest BCUT2D eigenvalue weighted by Gasteiger charge is -2.37. The van der Waals surface area contributed by atoms with Gasteiger partial charge in [0.2, 0.25) is 0 Å². The highest BCUT2D eigenvalue weighted by Gasteiger charge is 2.31. The summed E-state index contributed by atoms with van der Waals surface area (Å²) in [5.74, 6) is 0. The third kappa shape index (κ3) is 3.09. The maximum absolute atomic E-state index is 12.5. The lowest BCUT2D eigenvalue weighted by molar-refractivity contribution is 0.0118. The van der Waals surface area contributed by atoms with Crippen LogP contribution in [0.2, 0.25) is 0 Å². The highest BCUT2D eigenvalue weighted by Crippen LogP contribution is 2.27. The van der Waals surface area contributed by atoms with Crippen LogP contribution in [-0.4, -0.2) is 41.2 Å². The highest BCUT2D eigenvalue weighted by molar-refractivity contribution is 5.80. The molecule has 1 amide bonds. The molecule has 1 aromatic carbocycles. The van der Waals surface area contributed by atoms with Crippen LogP contribution in [-0.2, 0) is 4.74 Å². The van der Waals surface area contributed by atoms with Crippen molar-refractivity contribution in [1.29, 1.82) is 0 Å². The number of piperazine rings is 1. The Hall–Kier alpha value is -2.01. The van der Waals surface area contributed by atoms with Crippen molar-refractivity contribution in [3.05, 3.63) is 36.0 Å². The molecule has 2 aromatic rings. The SMILES string of the molecule is CC(C)(C)OC(=O)N1CCNCC1c1ccc2[nH]ccc2c1. The summed E-state index contributed by atoms with van der Waals surface area (Å²) in [5, 5.41) is 4.53. The lowest BCUT2D eigenvalue weighted by atomic mass is 10.0. The zero-order valence-corrected chi connectivity index (χ0v) is 13.3. The molecule has 0 saturated carbocycles. The third-order valence-electron chi connectivity index (χ3n) is 3.83. The Morgan fingerprint density at radius 2 is 2.14 bits per heavy atom. The number of carbonyl (C=O) groups is 1. The number of carbonyl (C=O) groups excluding carboxylic acids is 1. The van der Waals surface area contributed by atoms with E-state index in [1.807, 2.05) is 37.9 Å². The van der Waals surface area contributed by atoms with Gasteiger partial charge in [0.25, 0.3) is 0 Å². The van der Waals surface area contributed by atoms with Gasteiger partial charge in [0.1, 0.15) is 5.60 Å². The van der Waals surface area contributed by atoms with Crippen LogP contribution in [0, 0.1) is 0 Å². The van der Waals surface area contributed by atoms with E-state index in [4.69, 9.17) is 4.74 Å². The first-order valence-corrected chi connectivity index (χ1v) is 7.71. The molecule has 1 aliphatic rings. The van der Waals surface area contributed by atoms with Gasteiger partial charge in [-0.05, 0) is 49.9 Å². The fourth-order valence-electron chi connectivity index (χ4n) is 2.82. The number of aromatic amines is 1. The minimum Gasteiger partial charge on any atom is -0.444 e. The maximum Gasteiger partial charge on any atom is 0.410 e. The number of fused-ring (bicyclic) bond motifs is 1. The molecule has 0 bridgehead atoms. The van der Waals surface area contributed by atoms with E-state index in [0.717, 1.165) is 29.6 Å². The Balaban J connectivity index is 1.86. The number of ether oxygens (including phenoxy) is 1. The number of nitrogens with one attached hydrogen (secondary N) is 2. The van der Waals surface area contributed by atoms with Gasteiger partial charge in [-0.1, -0.05) is 6.07 Å². The van der Waals surface area contributed by atoms with E-state index in [2.05, 4.69) is 28.5 Å². The first-order valence-electron chi connectivity index (χ1n) is 7.71. The minimum absolute atomic E-state index is 0.00269. The van der Waals surface area contributed by atoms with Gasteiger partial charge in [0.15, 0.2) is 0 Å². The molecular weight excluding hydrogens is 278 g/mol. The first-order chi connectivity index (χ1) is 10.4. The van der Waals surface area contributed by atoms with E-state index in [-0.39, 0.29) is 12.1 Å². The highest BCUT2D eigenvalue weighted by atomic mass is 16.6. The number of aromatic nitrogens is 1. The number of rotatable bonds is 1. The third-order valence-corrected chi connectivity index (χ3v) is 3.83. The Morgan fingerprint density at radius 1 is 1.32 bits per heavy atom. The van der Waals surface area contributed by atoms with Gasteiger partial charge in [-0.15, -0.1) is 0 Å². The van der Waals surface area contributed by atoms with Crippen LogP contribution < -0.4 is 5.32 Å². The molecule has 2 heterocycles. The Kier molecular flexibility index (Phi) is 3.83. The molecule has 1 saturated heterocycles. The van der Waals surface area contributed by atoms with Gasteiger partial charge in [0, 0.05) is 31.3 Å². The van der Waals surface area contributed by atoms with E-state index in [0.29, 0.717) is 6.54 Å². The number of benzene rings is 1. The second kappa shape index (κ2) is 5.65. The zero-order valence-electron chi connectivity index (χ0n) is 13.3. The van der Waals surface area contributed by atoms with Crippen LogP contribution in [0.3, 0.4) is 0 Å². The molecule has 22 heavy (non-hydrogen) atoms. The Morgan fingerprint density at radius 3 is 2.91 bits per heavy atom. The fraction of sp³-hybridized carbons (Fsp3) is 0.471. The second-order valence-electron chi connectivity index (χ2n) is 6.72. The molecule has 5 nitrogen and oxygen atoms in total. The Bertz CT molecular complexity index is 672. The standard InChI is InChI=1S/C17H23N3O2/c1-17(2,3)22-16(21)20-9-8-18-11-15(20)13-4-5-14-12(10-13)6-7-19-14/h4-7,10,15,18-19H,8-9,11H2,1-3H3. The van der Waals surface area contributed by atoms with Gasteiger partial charge in [0.05, 0.1) is 6.04 Å². The van der Waals surface area contributed by atoms with Gasteiger partial charge < -0.3 is 15.0 Å². The van der Waals surface area contributed by atoms with Gasteiger partial charge in [-0.2, -0.15) is 0 Å². The first kappa shape index (κ1) is 14.9. The van der Waals surface area contributed by atoms with E-state index >= 15 is 0 Å². The van der Waals surface area contributed by atoms with Crippen molar-refractivity contribution in [2.24, 2.45) is 0 Å². The summed E-state index contributed by atoms with van der Waals surface area (Å²) < 4.78 is 5.55. The molecule has 0 spiro atoms. The summed E-state index contributed by atoms with van der Waals surface area (Å²) in [6, 6.07) is 8.33. The van der Waals surface area contributed by atoms with E-state index in [9.17, 15) is 4.79 Å². The Labute approximate surface area is 130 Å². The summed E-state index contributed by atoms with van der Waals surface area (Å²) >= 11 is 0. The summed E-state index contributed by atoms with van der Waals surface area (Å²) in [6.07, 6.45) is 1.69. The van der Waals surface area contributed by atoms with Crippen LogP contribution in [0.5, 0.6) is 0 Å². The van der Waals surface area contributed by atoms with Crippen molar-refractivity contribution in [1.82, 2.24) is 15.2 Å². The number of hydrogen-bond donors (Lipinski definition) is 2. The van der Waals surface area contributed by atoms with Crippen molar-refractivity contribution < 1.29 is 9.53 Å². The van der Waals surface area contributed by atoms with Gasteiger partial charge in [-0.25, -0.2) is 4.79 Å². The lowest BCUT2D eigenvalue weighted by Crippen LogP contribution is -2.50. The number of amides is 1. The molecule has 3 rings (SSSR count). The van der Waals surface area contributed by atoms with Gasteiger partial charge >= 0.3 is 6.09 Å². The van der Waals surface area contributed by atoms with Crippen molar-refractivity contribution in [2.75, 3.05) is 19.6 Å². The summed E-state index contributed by atoms with van der Waals surface area (Å²) in [4.78, 5) is 17.5. The fourth-order valence-corrected chi connectivity index (χ4v) is 2.82. The molecule has 118 valence electrons. The monoisotopic (exact) mass is 301 g/mol. The second-order valence-corrected chi connectivity index (χ2v) is 6.72. The average Bonchev–Trinajstić information content (AvgIpc) is 2.92. The molecule has 0 radical (unpaired) electrons. The minimum atomic E-state index is -0.475. The van der Waals surface area contributed by atoms with E-state index < -0.39 is 5.60 Å². The molecule has 1 unspecified atom stereocenters. The number of hydrogen-bond acceptors (Lipinski definition) is 3. The molecule has 1 aromatic heterocycles. The molecule has 1 aliphatic heterocycles. The summed E-state index contributed by atoms with van der Waals surface area (Å²) in [7, 11) is 0. The molecule has 5 heteroatoms. The summed E-state index contributed by atoms with van der Waals surface area (Å²) in [5.41, 5.74) is 1.76. The quantitative estimate of drug-likeness (QED) is 0.851. The van der Waals surface area contributed by atoms with Crippen molar-refractivity contribution in [2.45, 2.75) is 32.4 Å². The average molecular weight is 301 g/mol. The van der Waals surface area contributed by atoms with E-state index in [1.165, 1.54) is 0 Å². The molecular formula is C17H23N3O2. The molecule has 1 atom stereocenters. The molecule has 1 fully saturated rings. The molecule has 2 N–H and O–H groups in total. The largest absolute Gasteiger partial charge is 0.444 e. The van der Waals surface area contributed by atoms with Crippen LogP contribution in [0.15, 0.2) is 30.5 Å². The normalized spacial score (nSPS) is 19.4. The number of nitrogens with zero attached hydrogens (tertiary/aromatic N) is 1. The molecule has 0 aliphatic carbocycles. The van der Waals surface area contributed by atoms with Crippen LogP contribution in [0.1, 0.15) is 32.4 Å². The predicted molar refractivity (Wildman–Crippen MR) is 86.8 cm³/mol. The van der Waals surface area contributed by atoms with E-state index in [1.54, 1.807) is 0 Å². The van der Waals surface area contributed by atoms with Crippen molar-refractivity contribution in [3.8, 4) is 0 Å². The topological polar surface area (TPSA) is 57.4 Å². The smallest absolute Gasteiger partial charge is 0.410 e. The van der Waals surface area contributed by atoms with Crippen molar-refractivity contribution in [3.63, 3.8) is 0 Å². The maximum atomic E-state index is 12.5. The number of H-pyrrole nitrogens is 1. The van der Waals surface area contributed by atoms with Crippen molar-refractivity contribution >= 4 is 17.0 Å².